The molecule has 1 unspecified atom stereocenters. The average molecular weight is 407 g/mol. The second-order valence-corrected chi connectivity index (χ2v) is 8.00. The van der Waals surface area contributed by atoms with E-state index < -0.39 is 0 Å². The first kappa shape index (κ1) is 20.9. The Morgan fingerprint density at radius 3 is 2.29 bits per heavy atom. The number of carbonyl (C=O) groups excluding carboxylic acids is 2. The minimum absolute atomic E-state index is 0. The van der Waals surface area contributed by atoms with Gasteiger partial charge in [0.2, 0.25) is 0 Å². The van der Waals surface area contributed by atoms with Crippen LogP contribution in [0.5, 0.6) is 0 Å². The first-order valence-electron chi connectivity index (χ1n) is 10.3. The highest BCUT2D eigenvalue weighted by Crippen LogP contribution is 2.27. The molecule has 0 N–H and O–H groups in total. The largest absolute Gasteiger partial charge is 0.369 e. The molecule has 7 heteroatoms. The number of carbonyl (C=O) groups is 2. The van der Waals surface area contributed by atoms with Gasteiger partial charge in [0.25, 0.3) is 5.91 Å². The van der Waals surface area contributed by atoms with Gasteiger partial charge in [0.05, 0.1) is 0 Å². The van der Waals surface area contributed by atoms with Gasteiger partial charge in [-0.1, -0.05) is 17.7 Å². The summed E-state index contributed by atoms with van der Waals surface area (Å²) in [7, 11) is 0. The number of halogens is 1. The number of hydrogen-bond acceptors (Lipinski definition) is 4. The van der Waals surface area contributed by atoms with Gasteiger partial charge < -0.3 is 9.80 Å². The van der Waals surface area contributed by atoms with E-state index >= 15 is 0 Å². The fraction of sp³-hybridized carbons (Fsp3) is 0.619. The smallest absolute Gasteiger partial charge is 0.327 e. The van der Waals surface area contributed by atoms with Crippen LogP contribution in [0.2, 0.25) is 0 Å². The Labute approximate surface area is 173 Å². The molecule has 3 aliphatic heterocycles. The van der Waals surface area contributed by atoms with Crippen LogP contribution in [-0.4, -0.2) is 78.5 Å². The zero-order valence-electron chi connectivity index (χ0n) is 16.7. The minimum atomic E-state index is -0.160. The topological polar surface area (TPSA) is 47.1 Å². The summed E-state index contributed by atoms with van der Waals surface area (Å²) in [5.74, 6) is 0.0317. The monoisotopic (exact) mass is 406 g/mol. The predicted molar refractivity (Wildman–Crippen MR) is 113 cm³/mol. The lowest BCUT2D eigenvalue weighted by Gasteiger charge is -2.36. The zero-order valence-corrected chi connectivity index (χ0v) is 17.5. The standard InChI is InChI=1S/C21H30N4O2.ClH/c1-17-6-8-18(9-7-17)23-15-13-22(14-16-23)10-2-3-11-25-20(26)19-5-4-12-24(19)21(25)27;/h6-9,19H,2-5,10-16H2,1H3;1H. The molecular formula is C21H31ClN4O2. The number of amides is 3. The van der Waals surface area contributed by atoms with Crippen LogP contribution >= 0.6 is 12.4 Å². The maximum Gasteiger partial charge on any atom is 0.327 e. The number of benzene rings is 1. The summed E-state index contributed by atoms with van der Waals surface area (Å²) in [5, 5.41) is 0. The fourth-order valence-corrected chi connectivity index (χ4v) is 4.48. The third-order valence-electron chi connectivity index (χ3n) is 6.16. The highest BCUT2D eigenvalue weighted by molar-refractivity contribution is 6.04. The SMILES string of the molecule is Cc1ccc(N2CCN(CCCCN3C(=O)C4CCCN4C3=O)CC2)cc1.Cl. The Morgan fingerprint density at radius 2 is 1.61 bits per heavy atom. The maximum absolute atomic E-state index is 12.3. The van der Waals surface area contributed by atoms with Crippen LogP contribution in [-0.2, 0) is 4.79 Å². The van der Waals surface area contributed by atoms with Crippen LogP contribution < -0.4 is 4.90 Å². The number of hydrogen-bond donors (Lipinski definition) is 0. The molecule has 3 saturated heterocycles. The molecule has 0 radical (unpaired) electrons. The van der Waals surface area contributed by atoms with Gasteiger partial charge >= 0.3 is 6.03 Å². The van der Waals surface area contributed by atoms with E-state index in [-0.39, 0.29) is 30.4 Å². The molecule has 3 amide bonds. The second kappa shape index (κ2) is 9.14. The van der Waals surface area contributed by atoms with Crippen molar-refractivity contribution in [1.29, 1.82) is 0 Å². The van der Waals surface area contributed by atoms with Gasteiger partial charge in [-0.2, -0.15) is 0 Å². The first-order chi connectivity index (χ1) is 13.1. The molecule has 0 aliphatic carbocycles. The summed E-state index contributed by atoms with van der Waals surface area (Å²) < 4.78 is 0. The van der Waals surface area contributed by atoms with Gasteiger partial charge in [0.15, 0.2) is 0 Å². The molecular weight excluding hydrogens is 376 g/mol. The molecule has 154 valence electrons. The Morgan fingerprint density at radius 1 is 0.929 bits per heavy atom. The lowest BCUT2D eigenvalue weighted by molar-refractivity contribution is -0.128. The molecule has 3 heterocycles. The molecule has 1 aromatic carbocycles. The van der Waals surface area contributed by atoms with E-state index in [1.54, 1.807) is 4.90 Å². The van der Waals surface area contributed by atoms with Gasteiger partial charge in [-0.05, 0) is 51.3 Å². The molecule has 0 aromatic heterocycles. The molecule has 0 saturated carbocycles. The summed E-state index contributed by atoms with van der Waals surface area (Å²) in [6.07, 6.45) is 3.74. The van der Waals surface area contributed by atoms with Crippen LogP contribution in [0.4, 0.5) is 10.5 Å². The summed E-state index contributed by atoms with van der Waals surface area (Å²) in [6.45, 7) is 8.76. The molecule has 1 atom stereocenters. The number of urea groups is 1. The summed E-state index contributed by atoms with van der Waals surface area (Å²) in [6, 6.07) is 8.54. The highest BCUT2D eigenvalue weighted by atomic mass is 35.5. The van der Waals surface area contributed by atoms with Crippen molar-refractivity contribution in [3.63, 3.8) is 0 Å². The summed E-state index contributed by atoms with van der Waals surface area (Å²) in [4.78, 5) is 32.8. The molecule has 0 bridgehead atoms. The van der Waals surface area contributed by atoms with Crippen molar-refractivity contribution < 1.29 is 9.59 Å². The molecule has 4 rings (SSSR count). The van der Waals surface area contributed by atoms with Crippen LogP contribution in [0.3, 0.4) is 0 Å². The number of rotatable bonds is 6. The number of imide groups is 1. The molecule has 3 fully saturated rings. The van der Waals surface area contributed by atoms with Crippen LogP contribution in [0.25, 0.3) is 0 Å². The third kappa shape index (κ3) is 4.28. The van der Waals surface area contributed by atoms with E-state index in [1.165, 1.54) is 16.2 Å². The highest BCUT2D eigenvalue weighted by Gasteiger charge is 2.46. The number of nitrogens with zero attached hydrogens (tertiary/aromatic N) is 4. The lowest BCUT2D eigenvalue weighted by Crippen LogP contribution is -2.46. The van der Waals surface area contributed by atoms with E-state index in [4.69, 9.17) is 0 Å². The lowest BCUT2D eigenvalue weighted by atomic mass is 10.2. The zero-order chi connectivity index (χ0) is 18.8. The van der Waals surface area contributed by atoms with E-state index in [9.17, 15) is 9.59 Å². The number of fused-ring (bicyclic) bond motifs is 1. The van der Waals surface area contributed by atoms with Gasteiger partial charge in [0, 0.05) is 45.0 Å². The van der Waals surface area contributed by atoms with Crippen LogP contribution in [0.1, 0.15) is 31.2 Å². The molecule has 6 nitrogen and oxygen atoms in total. The number of piperazine rings is 1. The number of anilines is 1. The van der Waals surface area contributed by atoms with Crippen molar-refractivity contribution in [3.8, 4) is 0 Å². The Balaban J connectivity index is 0.00000225. The van der Waals surface area contributed by atoms with Crippen molar-refractivity contribution >= 4 is 30.0 Å². The number of aryl methyl sites for hydroxylation is 1. The van der Waals surface area contributed by atoms with E-state index in [0.717, 1.165) is 65.0 Å². The van der Waals surface area contributed by atoms with Gasteiger partial charge in [-0.15, -0.1) is 12.4 Å². The molecule has 1 aromatic rings. The van der Waals surface area contributed by atoms with Gasteiger partial charge in [-0.25, -0.2) is 4.79 Å². The molecule has 3 aliphatic rings. The van der Waals surface area contributed by atoms with Crippen molar-refractivity contribution in [2.75, 3.05) is 50.7 Å². The van der Waals surface area contributed by atoms with E-state index in [0.29, 0.717) is 6.54 Å². The predicted octanol–water partition coefficient (Wildman–Crippen LogP) is 2.75. The minimum Gasteiger partial charge on any atom is -0.369 e. The van der Waals surface area contributed by atoms with Crippen molar-refractivity contribution in [3.05, 3.63) is 29.8 Å². The summed E-state index contributed by atoms with van der Waals surface area (Å²) in [5.41, 5.74) is 2.61. The Kier molecular flexibility index (Phi) is 6.83. The summed E-state index contributed by atoms with van der Waals surface area (Å²) >= 11 is 0. The third-order valence-corrected chi connectivity index (χ3v) is 6.16. The quantitative estimate of drug-likeness (QED) is 0.538. The van der Waals surface area contributed by atoms with E-state index in [1.807, 2.05) is 0 Å². The van der Waals surface area contributed by atoms with Crippen LogP contribution in [0.15, 0.2) is 24.3 Å². The normalized spacial score (nSPS) is 22.6. The Hall–Kier alpha value is -1.79. The molecule has 0 spiro atoms. The van der Waals surface area contributed by atoms with Crippen molar-refractivity contribution in [2.24, 2.45) is 0 Å². The number of unbranched alkanes of at least 4 members (excludes halogenated alkanes) is 1. The van der Waals surface area contributed by atoms with E-state index in [2.05, 4.69) is 41.0 Å². The van der Waals surface area contributed by atoms with Crippen molar-refractivity contribution in [1.82, 2.24) is 14.7 Å². The van der Waals surface area contributed by atoms with Gasteiger partial charge in [0.1, 0.15) is 6.04 Å². The fourth-order valence-electron chi connectivity index (χ4n) is 4.48. The second-order valence-electron chi connectivity index (χ2n) is 8.00. The van der Waals surface area contributed by atoms with Gasteiger partial charge in [-0.3, -0.25) is 14.6 Å². The molecule has 28 heavy (non-hydrogen) atoms. The van der Waals surface area contributed by atoms with Crippen molar-refractivity contribution in [2.45, 2.75) is 38.6 Å². The Bertz CT molecular complexity index is 666. The van der Waals surface area contributed by atoms with Crippen LogP contribution in [0, 0.1) is 6.92 Å². The first-order valence-corrected chi connectivity index (χ1v) is 10.3. The average Bonchev–Trinajstić information content (AvgIpc) is 3.25. The maximum atomic E-state index is 12.3.